The fourth-order valence-corrected chi connectivity index (χ4v) is 4.20. The van der Waals surface area contributed by atoms with E-state index in [9.17, 15) is 14.4 Å². The molecule has 0 radical (unpaired) electrons. The van der Waals surface area contributed by atoms with Crippen LogP contribution in [-0.2, 0) is 9.53 Å². The maximum atomic E-state index is 12.6. The summed E-state index contributed by atoms with van der Waals surface area (Å²) in [6, 6.07) is 17.6. The third-order valence-corrected chi connectivity index (χ3v) is 6.14. The second-order valence-electron chi connectivity index (χ2n) is 6.51. The number of carbonyl (C=O) groups excluding carboxylic acids is 3. The van der Waals surface area contributed by atoms with E-state index in [2.05, 4.69) is 10.6 Å². The molecule has 1 heterocycles. The summed E-state index contributed by atoms with van der Waals surface area (Å²) in [4.78, 5) is 38.0. The van der Waals surface area contributed by atoms with Crippen LogP contribution in [0.5, 0.6) is 0 Å². The number of nitrogens with one attached hydrogen (secondary N) is 2. The number of esters is 1. The van der Waals surface area contributed by atoms with Gasteiger partial charge in [-0.3, -0.25) is 9.59 Å². The molecule has 2 aromatic carbocycles. The van der Waals surface area contributed by atoms with Gasteiger partial charge in [0.05, 0.1) is 22.3 Å². The van der Waals surface area contributed by atoms with Gasteiger partial charge in [0, 0.05) is 16.3 Å². The zero-order chi connectivity index (χ0) is 22.2. The molecule has 0 aliphatic rings. The van der Waals surface area contributed by atoms with Crippen molar-refractivity contribution >= 4 is 52.3 Å². The van der Waals surface area contributed by atoms with Gasteiger partial charge in [-0.25, -0.2) is 4.79 Å². The van der Waals surface area contributed by atoms with Crippen molar-refractivity contribution in [3.05, 3.63) is 76.5 Å². The Morgan fingerprint density at radius 1 is 1.00 bits per heavy atom. The van der Waals surface area contributed by atoms with Crippen molar-refractivity contribution in [2.45, 2.75) is 24.0 Å². The summed E-state index contributed by atoms with van der Waals surface area (Å²) in [5.74, 6) is -0.716. The van der Waals surface area contributed by atoms with Crippen LogP contribution < -0.4 is 10.6 Å². The predicted octanol–water partition coefficient (Wildman–Crippen LogP) is 5.30. The number of ether oxygens (including phenoxy) is 1. The molecule has 0 fully saturated rings. The van der Waals surface area contributed by atoms with Gasteiger partial charge in [-0.2, -0.15) is 0 Å². The molecule has 31 heavy (non-hydrogen) atoms. The minimum atomic E-state index is -0.393. The molecule has 0 bridgehead atoms. The van der Waals surface area contributed by atoms with Crippen LogP contribution in [0, 0.1) is 0 Å². The first-order valence-electron chi connectivity index (χ1n) is 9.66. The topological polar surface area (TPSA) is 84.5 Å². The third kappa shape index (κ3) is 6.44. The Morgan fingerprint density at radius 3 is 2.45 bits per heavy atom. The van der Waals surface area contributed by atoms with Crippen LogP contribution in [0.15, 0.2) is 70.9 Å². The van der Waals surface area contributed by atoms with E-state index in [0.717, 1.165) is 4.90 Å². The number of hydrogen-bond acceptors (Lipinski definition) is 6. The van der Waals surface area contributed by atoms with Crippen LogP contribution in [-0.4, -0.2) is 29.6 Å². The summed E-state index contributed by atoms with van der Waals surface area (Å²) in [5, 5.41) is 7.20. The van der Waals surface area contributed by atoms with Crippen molar-refractivity contribution in [1.29, 1.82) is 0 Å². The van der Waals surface area contributed by atoms with Gasteiger partial charge in [-0.05, 0) is 67.8 Å². The molecule has 0 spiro atoms. The van der Waals surface area contributed by atoms with Gasteiger partial charge in [-0.1, -0.05) is 12.1 Å². The van der Waals surface area contributed by atoms with Gasteiger partial charge in [-0.15, -0.1) is 23.1 Å². The maximum Gasteiger partial charge on any atom is 0.338 e. The summed E-state index contributed by atoms with van der Waals surface area (Å²) >= 11 is 2.77. The molecule has 3 aromatic rings. The zero-order valence-corrected chi connectivity index (χ0v) is 18.7. The largest absolute Gasteiger partial charge is 0.462 e. The van der Waals surface area contributed by atoms with Crippen LogP contribution in [0.2, 0.25) is 0 Å². The number of hydrogen-bond donors (Lipinski definition) is 2. The molecular weight excluding hydrogens is 432 g/mol. The lowest BCUT2D eigenvalue weighted by atomic mass is 10.2. The third-order valence-electron chi connectivity index (χ3n) is 4.18. The van der Waals surface area contributed by atoms with E-state index in [0.29, 0.717) is 28.4 Å². The molecule has 0 saturated heterocycles. The fourth-order valence-electron chi connectivity index (χ4n) is 2.65. The van der Waals surface area contributed by atoms with Gasteiger partial charge >= 0.3 is 5.97 Å². The predicted molar refractivity (Wildman–Crippen MR) is 125 cm³/mol. The van der Waals surface area contributed by atoms with Crippen molar-refractivity contribution < 1.29 is 19.1 Å². The number of anilines is 2. The van der Waals surface area contributed by atoms with Crippen LogP contribution in [0.3, 0.4) is 0 Å². The van der Waals surface area contributed by atoms with Gasteiger partial charge in [0.2, 0.25) is 5.91 Å². The Balaban J connectivity index is 1.57. The number of amides is 2. The van der Waals surface area contributed by atoms with Gasteiger partial charge in [0.15, 0.2) is 0 Å². The Morgan fingerprint density at radius 2 is 1.77 bits per heavy atom. The Bertz CT molecular complexity index is 1050. The number of carbonyl (C=O) groups is 3. The van der Waals surface area contributed by atoms with Crippen LogP contribution in [0.1, 0.15) is 33.9 Å². The first kappa shape index (κ1) is 22.6. The maximum absolute atomic E-state index is 12.6. The molecule has 2 amide bonds. The molecule has 1 atom stereocenters. The molecule has 2 N–H and O–H groups in total. The minimum Gasteiger partial charge on any atom is -0.462 e. The standard InChI is InChI=1S/C23H22N2O4S2/c1-3-29-23(28)16-9-11-17(12-10-16)24-21(26)15(2)31-19-7-4-6-18(14-19)25-22(27)20-8-5-13-30-20/h4-15H,3H2,1-2H3,(H,24,26)(H,25,27). The summed E-state index contributed by atoms with van der Waals surface area (Å²) in [7, 11) is 0. The first-order valence-corrected chi connectivity index (χ1v) is 11.4. The van der Waals surface area contributed by atoms with E-state index in [-0.39, 0.29) is 17.1 Å². The van der Waals surface area contributed by atoms with Crippen LogP contribution in [0.25, 0.3) is 0 Å². The SMILES string of the molecule is CCOC(=O)c1ccc(NC(=O)C(C)Sc2cccc(NC(=O)c3cccs3)c2)cc1. The van der Waals surface area contributed by atoms with Gasteiger partial charge in [0.25, 0.3) is 5.91 Å². The zero-order valence-electron chi connectivity index (χ0n) is 17.1. The van der Waals surface area contributed by atoms with E-state index in [1.54, 1.807) is 37.3 Å². The summed E-state index contributed by atoms with van der Waals surface area (Å²) in [5.41, 5.74) is 1.71. The van der Waals surface area contributed by atoms with Crippen molar-refractivity contribution in [3.8, 4) is 0 Å². The summed E-state index contributed by atoms with van der Waals surface area (Å²) < 4.78 is 4.95. The van der Waals surface area contributed by atoms with Gasteiger partial charge in [0.1, 0.15) is 0 Å². The molecule has 8 heteroatoms. The quantitative estimate of drug-likeness (QED) is 0.357. The molecule has 1 unspecified atom stereocenters. The highest BCUT2D eigenvalue weighted by Gasteiger charge is 2.16. The average Bonchev–Trinajstić information content (AvgIpc) is 3.30. The second-order valence-corrected chi connectivity index (χ2v) is 8.87. The first-order chi connectivity index (χ1) is 15.0. The van der Waals surface area contributed by atoms with E-state index < -0.39 is 5.97 Å². The molecule has 6 nitrogen and oxygen atoms in total. The lowest BCUT2D eigenvalue weighted by molar-refractivity contribution is -0.115. The second kappa shape index (κ2) is 10.8. The van der Waals surface area contributed by atoms with Gasteiger partial charge < -0.3 is 15.4 Å². The van der Waals surface area contributed by atoms with E-state index in [1.165, 1.54) is 23.1 Å². The van der Waals surface area contributed by atoms with Crippen molar-refractivity contribution in [1.82, 2.24) is 0 Å². The van der Waals surface area contributed by atoms with Crippen LogP contribution >= 0.6 is 23.1 Å². The Labute approximate surface area is 189 Å². The lowest BCUT2D eigenvalue weighted by Gasteiger charge is -2.13. The van der Waals surface area contributed by atoms with E-state index in [4.69, 9.17) is 4.74 Å². The highest BCUT2D eigenvalue weighted by Crippen LogP contribution is 2.27. The highest BCUT2D eigenvalue weighted by molar-refractivity contribution is 8.00. The molecule has 0 saturated carbocycles. The average molecular weight is 455 g/mol. The van der Waals surface area contributed by atoms with E-state index >= 15 is 0 Å². The summed E-state index contributed by atoms with van der Waals surface area (Å²) in [6.45, 7) is 3.87. The fraction of sp³-hybridized carbons (Fsp3) is 0.174. The number of thiophene rings is 1. The number of rotatable bonds is 8. The van der Waals surface area contributed by atoms with Crippen molar-refractivity contribution in [2.75, 3.05) is 17.2 Å². The number of thioether (sulfide) groups is 1. The molecule has 0 aliphatic carbocycles. The van der Waals surface area contributed by atoms with E-state index in [1.807, 2.05) is 42.6 Å². The molecule has 1 aromatic heterocycles. The van der Waals surface area contributed by atoms with Crippen molar-refractivity contribution in [2.24, 2.45) is 0 Å². The van der Waals surface area contributed by atoms with Crippen LogP contribution in [0.4, 0.5) is 11.4 Å². The van der Waals surface area contributed by atoms with Crippen molar-refractivity contribution in [3.63, 3.8) is 0 Å². The smallest absolute Gasteiger partial charge is 0.338 e. The lowest BCUT2D eigenvalue weighted by Crippen LogP contribution is -2.22. The molecule has 160 valence electrons. The Kier molecular flexibility index (Phi) is 7.86. The monoisotopic (exact) mass is 454 g/mol. The normalized spacial score (nSPS) is 11.4. The Hall–Kier alpha value is -3.10. The molecular formula is C23H22N2O4S2. The number of benzene rings is 2. The summed E-state index contributed by atoms with van der Waals surface area (Å²) in [6.07, 6.45) is 0. The highest BCUT2D eigenvalue weighted by atomic mass is 32.2. The molecule has 3 rings (SSSR count). The minimum absolute atomic E-state index is 0.158. The molecule has 0 aliphatic heterocycles.